The first-order valence-electron chi connectivity index (χ1n) is 9.23. The average molecular weight is 358 g/mol. The van der Waals surface area contributed by atoms with Gasteiger partial charge in [0.15, 0.2) is 5.82 Å². The number of aryl methyl sites for hydroxylation is 1. The van der Waals surface area contributed by atoms with Crippen LogP contribution in [0, 0.1) is 5.41 Å². The number of rotatable bonds is 4. The molecule has 26 heavy (non-hydrogen) atoms. The summed E-state index contributed by atoms with van der Waals surface area (Å²) in [6.45, 7) is 7.74. The van der Waals surface area contributed by atoms with Gasteiger partial charge < -0.3 is 4.90 Å². The van der Waals surface area contributed by atoms with Gasteiger partial charge in [0.05, 0.1) is 6.04 Å². The summed E-state index contributed by atoms with van der Waals surface area (Å²) in [7, 11) is 1.88. The molecule has 2 fully saturated rings. The molecule has 2 saturated heterocycles. The van der Waals surface area contributed by atoms with Crippen LogP contribution in [-0.4, -0.2) is 71.9 Å². The standard InChI is InChI=1S/C17H26N8O/c1-13(15-19-20-21-22(15)3)23-9-5-17(11-23)6-10-24(12-17)16(26)14(2)25-8-4-7-18-25/h4,7-8,13-14H,5-6,9-12H2,1-3H3. The smallest absolute Gasteiger partial charge is 0.247 e. The van der Waals surface area contributed by atoms with Crippen LogP contribution in [0.4, 0.5) is 0 Å². The van der Waals surface area contributed by atoms with E-state index in [1.807, 2.05) is 31.1 Å². The van der Waals surface area contributed by atoms with Crippen molar-refractivity contribution in [3.63, 3.8) is 0 Å². The molecule has 9 heteroatoms. The maximum atomic E-state index is 12.9. The minimum atomic E-state index is -0.249. The Labute approximate surface area is 152 Å². The highest BCUT2D eigenvalue weighted by molar-refractivity contribution is 5.80. The molecule has 0 bridgehead atoms. The Balaban J connectivity index is 1.40. The number of aromatic nitrogens is 6. The van der Waals surface area contributed by atoms with Crippen LogP contribution in [-0.2, 0) is 11.8 Å². The minimum Gasteiger partial charge on any atom is -0.340 e. The number of carbonyl (C=O) groups is 1. The average Bonchev–Trinajstić information content (AvgIpc) is 3.42. The van der Waals surface area contributed by atoms with Crippen molar-refractivity contribution in [3.05, 3.63) is 24.3 Å². The first-order chi connectivity index (χ1) is 12.5. The summed E-state index contributed by atoms with van der Waals surface area (Å²) in [6, 6.07) is 1.79. The molecular weight excluding hydrogens is 332 g/mol. The van der Waals surface area contributed by atoms with Crippen molar-refractivity contribution < 1.29 is 4.79 Å². The van der Waals surface area contributed by atoms with Crippen LogP contribution in [0.3, 0.4) is 0 Å². The van der Waals surface area contributed by atoms with Crippen molar-refractivity contribution in [2.24, 2.45) is 12.5 Å². The van der Waals surface area contributed by atoms with E-state index in [2.05, 4.69) is 32.4 Å². The molecule has 2 aliphatic heterocycles. The molecule has 1 amide bonds. The van der Waals surface area contributed by atoms with Gasteiger partial charge in [0.25, 0.3) is 0 Å². The number of likely N-dealkylation sites (tertiary alicyclic amines) is 2. The highest BCUT2D eigenvalue weighted by atomic mass is 16.2. The fourth-order valence-corrected chi connectivity index (χ4v) is 4.40. The van der Waals surface area contributed by atoms with Gasteiger partial charge in [-0.3, -0.25) is 14.4 Å². The van der Waals surface area contributed by atoms with Crippen molar-refractivity contribution in [2.75, 3.05) is 26.2 Å². The highest BCUT2D eigenvalue weighted by Crippen LogP contribution is 2.42. The number of tetrazole rings is 1. The molecule has 2 aliphatic rings. The molecule has 0 radical (unpaired) electrons. The molecule has 0 saturated carbocycles. The Kier molecular flexibility index (Phi) is 4.26. The summed E-state index contributed by atoms with van der Waals surface area (Å²) in [5, 5.41) is 16.1. The summed E-state index contributed by atoms with van der Waals surface area (Å²) in [4.78, 5) is 17.3. The molecule has 2 aromatic rings. The lowest BCUT2D eigenvalue weighted by Gasteiger charge is -2.28. The van der Waals surface area contributed by atoms with E-state index in [4.69, 9.17) is 0 Å². The number of hydrogen-bond acceptors (Lipinski definition) is 6. The maximum absolute atomic E-state index is 12.9. The highest BCUT2D eigenvalue weighted by Gasteiger charge is 2.46. The van der Waals surface area contributed by atoms with E-state index in [0.717, 1.165) is 44.8 Å². The van der Waals surface area contributed by atoms with Crippen molar-refractivity contribution in [2.45, 2.75) is 38.8 Å². The van der Waals surface area contributed by atoms with E-state index < -0.39 is 0 Å². The predicted octanol–water partition coefficient (Wildman–Crippen LogP) is 0.653. The number of amides is 1. The topological polar surface area (TPSA) is 85.0 Å². The predicted molar refractivity (Wildman–Crippen MR) is 94.0 cm³/mol. The van der Waals surface area contributed by atoms with E-state index in [1.54, 1.807) is 15.6 Å². The fourth-order valence-electron chi connectivity index (χ4n) is 4.40. The third kappa shape index (κ3) is 2.90. The van der Waals surface area contributed by atoms with Crippen LogP contribution in [0.1, 0.15) is 44.6 Å². The second-order valence-electron chi connectivity index (χ2n) is 7.73. The van der Waals surface area contributed by atoms with Gasteiger partial charge in [-0.1, -0.05) is 0 Å². The SMILES string of the molecule is CC(c1nnnn1C)N1CCC2(CCN(C(=O)C(C)n3cccn3)C2)C1. The number of carbonyl (C=O) groups excluding carboxylic acids is 1. The van der Waals surface area contributed by atoms with Gasteiger partial charge in [-0.2, -0.15) is 5.10 Å². The van der Waals surface area contributed by atoms with Crippen molar-refractivity contribution in [1.29, 1.82) is 0 Å². The Morgan fingerprint density at radius 1 is 1.23 bits per heavy atom. The number of nitrogens with zero attached hydrogens (tertiary/aromatic N) is 8. The van der Waals surface area contributed by atoms with Gasteiger partial charge in [0.1, 0.15) is 6.04 Å². The van der Waals surface area contributed by atoms with Crippen LogP contribution in [0.5, 0.6) is 0 Å². The maximum Gasteiger partial charge on any atom is 0.247 e. The Bertz CT molecular complexity index is 772. The lowest BCUT2D eigenvalue weighted by Crippen LogP contribution is -2.38. The molecule has 3 atom stereocenters. The zero-order chi connectivity index (χ0) is 18.3. The Morgan fingerprint density at radius 2 is 2.04 bits per heavy atom. The fraction of sp³-hybridized carbons (Fsp3) is 0.706. The van der Waals surface area contributed by atoms with E-state index in [1.165, 1.54) is 0 Å². The second-order valence-corrected chi connectivity index (χ2v) is 7.73. The summed E-state index contributed by atoms with van der Waals surface area (Å²) in [6.07, 6.45) is 5.74. The van der Waals surface area contributed by atoms with Gasteiger partial charge in [0, 0.05) is 44.5 Å². The van der Waals surface area contributed by atoms with Crippen LogP contribution in [0.2, 0.25) is 0 Å². The van der Waals surface area contributed by atoms with Gasteiger partial charge >= 0.3 is 0 Å². The summed E-state index contributed by atoms with van der Waals surface area (Å²) < 4.78 is 3.48. The zero-order valence-corrected chi connectivity index (χ0v) is 15.6. The Morgan fingerprint density at radius 3 is 2.73 bits per heavy atom. The minimum absolute atomic E-state index is 0.162. The normalized spacial score (nSPS) is 25.9. The Hall–Kier alpha value is -2.29. The van der Waals surface area contributed by atoms with Crippen molar-refractivity contribution >= 4 is 5.91 Å². The molecule has 140 valence electrons. The van der Waals surface area contributed by atoms with Crippen molar-refractivity contribution in [3.8, 4) is 0 Å². The summed E-state index contributed by atoms with van der Waals surface area (Å²) in [5.74, 6) is 1.05. The molecular formula is C17H26N8O. The second kappa shape index (κ2) is 6.46. The molecule has 4 heterocycles. The van der Waals surface area contributed by atoms with Crippen LogP contribution in [0.15, 0.2) is 18.5 Å². The quantitative estimate of drug-likeness (QED) is 0.798. The van der Waals surface area contributed by atoms with Crippen LogP contribution >= 0.6 is 0 Å². The largest absolute Gasteiger partial charge is 0.340 e. The number of hydrogen-bond donors (Lipinski definition) is 0. The third-order valence-electron chi connectivity index (χ3n) is 6.07. The monoisotopic (exact) mass is 358 g/mol. The first-order valence-corrected chi connectivity index (χ1v) is 9.23. The molecule has 2 aromatic heterocycles. The molecule has 0 aromatic carbocycles. The first kappa shape index (κ1) is 17.1. The molecule has 0 aliphatic carbocycles. The van der Waals surface area contributed by atoms with E-state index >= 15 is 0 Å². The zero-order valence-electron chi connectivity index (χ0n) is 15.6. The molecule has 3 unspecified atom stereocenters. The van der Waals surface area contributed by atoms with Crippen LogP contribution < -0.4 is 0 Å². The van der Waals surface area contributed by atoms with E-state index in [9.17, 15) is 4.79 Å². The van der Waals surface area contributed by atoms with E-state index in [-0.39, 0.29) is 23.4 Å². The molecule has 9 nitrogen and oxygen atoms in total. The summed E-state index contributed by atoms with van der Waals surface area (Å²) in [5.41, 5.74) is 0.194. The van der Waals surface area contributed by atoms with Gasteiger partial charge in [-0.25, -0.2) is 4.68 Å². The molecule has 4 rings (SSSR count). The summed E-state index contributed by atoms with van der Waals surface area (Å²) >= 11 is 0. The van der Waals surface area contributed by atoms with Gasteiger partial charge in [-0.05, 0) is 49.7 Å². The van der Waals surface area contributed by atoms with Crippen LogP contribution in [0.25, 0.3) is 0 Å². The van der Waals surface area contributed by atoms with Crippen molar-refractivity contribution in [1.82, 2.24) is 39.8 Å². The molecule has 1 spiro atoms. The molecule has 0 N–H and O–H groups in total. The van der Waals surface area contributed by atoms with Gasteiger partial charge in [-0.15, -0.1) is 5.10 Å². The lowest BCUT2D eigenvalue weighted by molar-refractivity contribution is -0.133. The lowest BCUT2D eigenvalue weighted by atomic mass is 9.86. The van der Waals surface area contributed by atoms with Gasteiger partial charge in [0.2, 0.25) is 5.91 Å². The van der Waals surface area contributed by atoms with E-state index in [0.29, 0.717) is 0 Å². The third-order valence-corrected chi connectivity index (χ3v) is 6.07.